The molecule has 2 aliphatic rings. The zero-order valence-corrected chi connectivity index (χ0v) is 11.6. The van der Waals surface area contributed by atoms with Crippen LogP contribution in [0.15, 0.2) is 0 Å². The Labute approximate surface area is 108 Å². The van der Waals surface area contributed by atoms with E-state index in [4.69, 9.17) is 14.2 Å². The second-order valence-electron chi connectivity index (χ2n) is 6.13. The molecule has 0 spiro atoms. The van der Waals surface area contributed by atoms with Gasteiger partial charge in [-0.15, -0.1) is 0 Å². The van der Waals surface area contributed by atoms with E-state index in [0.29, 0.717) is 19.6 Å². The minimum atomic E-state index is -1.26. The van der Waals surface area contributed by atoms with E-state index in [9.17, 15) is 10.2 Å². The predicted molar refractivity (Wildman–Crippen MR) is 65.1 cm³/mol. The van der Waals surface area contributed by atoms with Crippen molar-refractivity contribution >= 4 is 0 Å². The monoisotopic (exact) mass is 260 g/mol. The number of ether oxygens (including phenoxy) is 3. The van der Waals surface area contributed by atoms with E-state index in [1.54, 1.807) is 14.0 Å². The van der Waals surface area contributed by atoms with Gasteiger partial charge in [0.25, 0.3) is 0 Å². The molecule has 0 bridgehead atoms. The molecule has 0 aromatic heterocycles. The molecule has 0 aromatic carbocycles. The van der Waals surface area contributed by atoms with Gasteiger partial charge in [0.2, 0.25) is 0 Å². The maximum Gasteiger partial charge on any atom is 0.160 e. The molecule has 1 saturated carbocycles. The zero-order chi connectivity index (χ0) is 13.6. The molecule has 0 amide bonds. The average Bonchev–Trinajstić information content (AvgIpc) is 2.81. The molecule has 0 unspecified atom stereocenters. The van der Waals surface area contributed by atoms with Crippen LogP contribution in [-0.2, 0) is 14.2 Å². The molecular weight excluding hydrogens is 236 g/mol. The van der Waals surface area contributed by atoms with Crippen LogP contribution in [0.3, 0.4) is 0 Å². The van der Waals surface area contributed by atoms with Gasteiger partial charge in [-0.3, -0.25) is 0 Å². The molecule has 0 aromatic rings. The molecule has 2 fully saturated rings. The van der Waals surface area contributed by atoms with E-state index in [-0.39, 0.29) is 12.5 Å². The molecule has 1 saturated heterocycles. The van der Waals surface area contributed by atoms with E-state index in [1.807, 2.05) is 13.8 Å². The number of hydrogen-bond acceptors (Lipinski definition) is 5. The van der Waals surface area contributed by atoms with Gasteiger partial charge in [0.05, 0.1) is 24.9 Å². The van der Waals surface area contributed by atoms with E-state index in [2.05, 4.69) is 0 Å². The molecule has 1 aliphatic heterocycles. The van der Waals surface area contributed by atoms with Crippen molar-refractivity contribution in [2.75, 3.05) is 20.3 Å². The number of rotatable bonds is 3. The topological polar surface area (TPSA) is 68.2 Å². The second-order valence-corrected chi connectivity index (χ2v) is 6.13. The summed E-state index contributed by atoms with van der Waals surface area (Å²) in [6, 6.07) is 0. The number of hydrogen-bond donors (Lipinski definition) is 2. The summed E-state index contributed by atoms with van der Waals surface area (Å²) in [5, 5.41) is 21.6. The minimum Gasteiger partial charge on any atom is -0.387 e. The molecule has 5 nitrogen and oxygen atoms in total. The van der Waals surface area contributed by atoms with Gasteiger partial charge in [-0.25, -0.2) is 0 Å². The molecule has 106 valence electrons. The van der Waals surface area contributed by atoms with Gasteiger partial charge in [-0.05, 0) is 6.92 Å². The summed E-state index contributed by atoms with van der Waals surface area (Å²) in [7, 11) is 1.61. The Morgan fingerprint density at radius 1 is 1.17 bits per heavy atom. The first-order valence-corrected chi connectivity index (χ1v) is 6.45. The first-order valence-electron chi connectivity index (χ1n) is 6.45. The van der Waals surface area contributed by atoms with Crippen molar-refractivity contribution in [2.45, 2.75) is 57.2 Å². The highest BCUT2D eigenvalue weighted by Gasteiger charge is 2.65. The summed E-state index contributed by atoms with van der Waals surface area (Å²) in [6.45, 7) is 6.58. The first kappa shape index (κ1) is 14.2. The molecule has 18 heavy (non-hydrogen) atoms. The van der Waals surface area contributed by atoms with Crippen LogP contribution in [0.2, 0.25) is 0 Å². The summed E-state index contributed by atoms with van der Waals surface area (Å²) in [4.78, 5) is 0. The lowest BCUT2D eigenvalue weighted by Crippen LogP contribution is -2.56. The Morgan fingerprint density at radius 2 is 1.72 bits per heavy atom. The van der Waals surface area contributed by atoms with Crippen LogP contribution >= 0.6 is 0 Å². The van der Waals surface area contributed by atoms with Crippen LogP contribution in [0.4, 0.5) is 0 Å². The maximum atomic E-state index is 10.8. The summed E-state index contributed by atoms with van der Waals surface area (Å²) in [5.41, 5.74) is -3.04. The summed E-state index contributed by atoms with van der Waals surface area (Å²) >= 11 is 0. The molecule has 2 rings (SSSR count). The van der Waals surface area contributed by atoms with Crippen LogP contribution < -0.4 is 0 Å². The molecule has 0 radical (unpaired) electrons. The van der Waals surface area contributed by atoms with E-state index in [0.717, 1.165) is 0 Å². The number of aliphatic hydroxyl groups is 2. The van der Waals surface area contributed by atoms with Gasteiger partial charge in [-0.1, -0.05) is 13.8 Å². The maximum absolute atomic E-state index is 10.8. The third-order valence-corrected chi connectivity index (χ3v) is 4.97. The largest absolute Gasteiger partial charge is 0.387 e. The molecule has 5 heteroatoms. The lowest BCUT2D eigenvalue weighted by Gasteiger charge is -2.43. The van der Waals surface area contributed by atoms with Crippen molar-refractivity contribution in [3.05, 3.63) is 0 Å². The molecule has 2 N–H and O–H groups in total. The van der Waals surface area contributed by atoms with Crippen molar-refractivity contribution in [3.63, 3.8) is 0 Å². The van der Waals surface area contributed by atoms with Crippen molar-refractivity contribution < 1.29 is 24.4 Å². The quantitative estimate of drug-likeness (QED) is 0.781. The van der Waals surface area contributed by atoms with E-state index in [1.165, 1.54) is 0 Å². The van der Waals surface area contributed by atoms with Crippen LogP contribution in [0.5, 0.6) is 0 Å². The Morgan fingerprint density at radius 3 is 2.17 bits per heavy atom. The minimum absolute atomic E-state index is 0.195. The Bertz CT molecular complexity index is 309. The van der Waals surface area contributed by atoms with Crippen LogP contribution in [0, 0.1) is 5.41 Å². The number of methoxy groups -OCH3 is 1. The molecular formula is C13H24O5. The van der Waals surface area contributed by atoms with Crippen molar-refractivity contribution in [3.8, 4) is 0 Å². The summed E-state index contributed by atoms with van der Waals surface area (Å²) < 4.78 is 16.2. The third-order valence-electron chi connectivity index (χ3n) is 4.97. The van der Waals surface area contributed by atoms with Crippen LogP contribution in [0.1, 0.15) is 33.6 Å². The fraction of sp³-hybridized carbons (Fsp3) is 1.00. The molecule has 1 aliphatic carbocycles. The average molecular weight is 260 g/mol. The highest BCUT2D eigenvalue weighted by atomic mass is 16.7. The van der Waals surface area contributed by atoms with Gasteiger partial charge >= 0.3 is 0 Å². The van der Waals surface area contributed by atoms with Crippen LogP contribution in [0.25, 0.3) is 0 Å². The highest BCUT2D eigenvalue weighted by Crippen LogP contribution is 2.54. The van der Waals surface area contributed by atoms with Crippen molar-refractivity contribution in [2.24, 2.45) is 5.41 Å². The SMILES string of the molecule is CO[C@@H]1C[C@](O)(CC2OCCO2)[C@@](C)(O)C1(C)C. The zero-order valence-electron chi connectivity index (χ0n) is 11.6. The summed E-state index contributed by atoms with van der Waals surface area (Å²) in [5.74, 6) is 0. The van der Waals surface area contributed by atoms with Gasteiger partial charge in [0.15, 0.2) is 6.29 Å². The van der Waals surface area contributed by atoms with E-state index < -0.39 is 22.9 Å². The standard InChI is InChI=1S/C13H24O5/c1-11(2)9(16-4)7-13(15,12(11,3)14)8-10-17-5-6-18-10/h9-10,14-15H,5-8H2,1-4H3/t9-,12+,13+/m1/s1. The van der Waals surface area contributed by atoms with Crippen molar-refractivity contribution in [1.29, 1.82) is 0 Å². The smallest absolute Gasteiger partial charge is 0.160 e. The lowest BCUT2D eigenvalue weighted by molar-refractivity contribution is -0.195. The van der Waals surface area contributed by atoms with Crippen molar-refractivity contribution in [1.82, 2.24) is 0 Å². The highest BCUT2D eigenvalue weighted by molar-refractivity contribution is 5.16. The Balaban J connectivity index is 2.21. The summed E-state index contributed by atoms with van der Waals surface area (Å²) in [6.07, 6.45) is 0.0162. The normalized spacial score (nSPS) is 44.7. The lowest BCUT2D eigenvalue weighted by atomic mass is 9.72. The van der Waals surface area contributed by atoms with Gasteiger partial charge < -0.3 is 24.4 Å². The third kappa shape index (κ3) is 1.89. The Hall–Kier alpha value is -0.200. The first-order chi connectivity index (χ1) is 8.24. The van der Waals surface area contributed by atoms with Gasteiger partial charge in [-0.2, -0.15) is 0 Å². The predicted octanol–water partition coefficient (Wildman–Crippen LogP) is 0.676. The Kier molecular flexibility index (Phi) is 3.49. The second kappa shape index (κ2) is 4.42. The van der Waals surface area contributed by atoms with E-state index >= 15 is 0 Å². The molecule has 3 atom stereocenters. The fourth-order valence-corrected chi connectivity index (χ4v) is 3.13. The van der Waals surface area contributed by atoms with Gasteiger partial charge in [0.1, 0.15) is 5.60 Å². The van der Waals surface area contributed by atoms with Gasteiger partial charge in [0, 0.05) is 25.4 Å². The molecule has 1 heterocycles. The fourth-order valence-electron chi connectivity index (χ4n) is 3.13. The van der Waals surface area contributed by atoms with Crippen LogP contribution in [-0.4, -0.2) is 54.1 Å².